The molecule has 1 aliphatic rings. The minimum Gasteiger partial charge on any atom is -0.309 e. The van der Waals surface area contributed by atoms with E-state index in [1.165, 1.54) is 6.07 Å². The number of nitrogens with one attached hydrogen (secondary N) is 1. The van der Waals surface area contributed by atoms with Gasteiger partial charge in [0.05, 0.1) is 0 Å². The van der Waals surface area contributed by atoms with E-state index in [0.717, 1.165) is 32.6 Å². The van der Waals surface area contributed by atoms with Crippen LogP contribution in [0.2, 0.25) is 0 Å². The first-order chi connectivity index (χ1) is 10.0. The minimum atomic E-state index is -0.765. The molecule has 1 N–H and O–H groups in total. The lowest BCUT2D eigenvalue weighted by Crippen LogP contribution is -2.35. The summed E-state index contributed by atoms with van der Waals surface area (Å²) in [5.74, 6) is -0.159. The molecule has 2 nitrogen and oxygen atoms in total. The predicted molar refractivity (Wildman–Crippen MR) is 82.2 cm³/mol. The molecule has 1 aromatic rings. The molecule has 0 bridgehead atoms. The molecule has 0 saturated carbocycles. The molecule has 0 aromatic heterocycles. The number of hydrogen-bond acceptors (Lipinski definition) is 2. The largest absolute Gasteiger partial charge is 0.309 e. The first kappa shape index (κ1) is 16.4. The number of rotatable bonds is 6. The van der Waals surface area contributed by atoms with Gasteiger partial charge in [0.1, 0.15) is 0 Å². The van der Waals surface area contributed by atoms with Crippen molar-refractivity contribution in [1.82, 2.24) is 10.2 Å². The quantitative estimate of drug-likeness (QED) is 0.863. The average molecular weight is 296 g/mol. The van der Waals surface area contributed by atoms with Crippen molar-refractivity contribution in [2.75, 3.05) is 26.2 Å². The van der Waals surface area contributed by atoms with Crippen LogP contribution < -0.4 is 5.32 Å². The molecular weight excluding hydrogens is 270 g/mol. The van der Waals surface area contributed by atoms with Crippen molar-refractivity contribution >= 4 is 0 Å². The summed E-state index contributed by atoms with van der Waals surface area (Å²) in [7, 11) is 0. The van der Waals surface area contributed by atoms with Gasteiger partial charge in [-0.05, 0) is 30.9 Å². The van der Waals surface area contributed by atoms with Crippen molar-refractivity contribution in [3.05, 3.63) is 35.4 Å². The van der Waals surface area contributed by atoms with Crippen LogP contribution in [0.3, 0.4) is 0 Å². The van der Waals surface area contributed by atoms with Gasteiger partial charge in [-0.2, -0.15) is 0 Å². The smallest absolute Gasteiger partial charge is 0.163 e. The monoisotopic (exact) mass is 296 g/mol. The average Bonchev–Trinajstić information content (AvgIpc) is 2.76. The van der Waals surface area contributed by atoms with E-state index in [4.69, 9.17) is 0 Å². The van der Waals surface area contributed by atoms with Crippen molar-refractivity contribution in [2.24, 2.45) is 11.8 Å². The maximum atomic E-state index is 14.1. The molecule has 0 aliphatic carbocycles. The van der Waals surface area contributed by atoms with Gasteiger partial charge in [0.25, 0.3) is 0 Å². The van der Waals surface area contributed by atoms with Crippen LogP contribution in [0.5, 0.6) is 0 Å². The van der Waals surface area contributed by atoms with Gasteiger partial charge in [-0.15, -0.1) is 0 Å². The third-order valence-corrected chi connectivity index (χ3v) is 4.50. The van der Waals surface area contributed by atoms with Gasteiger partial charge in [0.15, 0.2) is 11.6 Å². The molecule has 0 amide bonds. The third kappa shape index (κ3) is 4.01. The highest BCUT2D eigenvalue weighted by Gasteiger charge is 2.29. The van der Waals surface area contributed by atoms with Crippen molar-refractivity contribution in [3.63, 3.8) is 0 Å². The minimum absolute atomic E-state index is 0.154. The number of likely N-dealkylation sites (tertiary alicyclic amines) is 1. The molecule has 1 fully saturated rings. The Morgan fingerprint density at radius 1 is 1.24 bits per heavy atom. The fourth-order valence-electron chi connectivity index (χ4n) is 3.04. The van der Waals surface area contributed by atoms with Gasteiger partial charge < -0.3 is 10.2 Å². The van der Waals surface area contributed by atoms with E-state index in [-0.39, 0.29) is 6.04 Å². The summed E-state index contributed by atoms with van der Waals surface area (Å²) in [6, 6.07) is 4.30. The Labute approximate surface area is 126 Å². The standard InChI is InChI=1S/C17H26F2N2/c1-4-8-20-16(11-21-9-12(2)13(3)10-21)14-6-5-7-15(18)17(14)19/h5-7,12-13,16,20H,4,8-11H2,1-3H3. The molecule has 2 rings (SSSR count). The Balaban J connectivity index is 2.12. The van der Waals surface area contributed by atoms with Gasteiger partial charge in [-0.3, -0.25) is 0 Å². The maximum absolute atomic E-state index is 14.1. The van der Waals surface area contributed by atoms with Crippen LogP contribution in [0.25, 0.3) is 0 Å². The second-order valence-corrected chi connectivity index (χ2v) is 6.32. The van der Waals surface area contributed by atoms with Crippen molar-refractivity contribution in [1.29, 1.82) is 0 Å². The number of benzene rings is 1. The molecule has 21 heavy (non-hydrogen) atoms. The Morgan fingerprint density at radius 2 is 1.90 bits per heavy atom. The van der Waals surface area contributed by atoms with Crippen LogP contribution in [-0.4, -0.2) is 31.1 Å². The summed E-state index contributed by atoms with van der Waals surface area (Å²) >= 11 is 0. The van der Waals surface area contributed by atoms with Crippen LogP contribution in [0.1, 0.15) is 38.8 Å². The first-order valence-corrected chi connectivity index (χ1v) is 7.92. The van der Waals surface area contributed by atoms with Crippen molar-refractivity contribution in [2.45, 2.75) is 33.2 Å². The summed E-state index contributed by atoms with van der Waals surface area (Å²) in [5.41, 5.74) is 0.440. The SMILES string of the molecule is CCCNC(CN1CC(C)C(C)C1)c1cccc(F)c1F. The van der Waals surface area contributed by atoms with E-state index in [1.807, 2.05) is 0 Å². The molecule has 0 radical (unpaired) electrons. The van der Waals surface area contributed by atoms with Gasteiger partial charge in [0, 0.05) is 31.2 Å². The zero-order valence-corrected chi connectivity index (χ0v) is 13.2. The first-order valence-electron chi connectivity index (χ1n) is 7.92. The van der Waals surface area contributed by atoms with Crippen LogP contribution in [-0.2, 0) is 0 Å². The highest BCUT2D eigenvalue weighted by Crippen LogP contribution is 2.26. The summed E-state index contributed by atoms with van der Waals surface area (Å²) in [5, 5.41) is 3.36. The number of hydrogen-bond donors (Lipinski definition) is 1. The van der Waals surface area contributed by atoms with E-state index in [2.05, 4.69) is 31.0 Å². The molecule has 4 heteroatoms. The maximum Gasteiger partial charge on any atom is 0.163 e. The lowest BCUT2D eigenvalue weighted by Gasteiger charge is -2.25. The summed E-state index contributed by atoms with van der Waals surface area (Å²) in [4.78, 5) is 2.35. The fourth-order valence-corrected chi connectivity index (χ4v) is 3.04. The molecule has 1 aromatic carbocycles. The second-order valence-electron chi connectivity index (χ2n) is 6.32. The summed E-state index contributed by atoms with van der Waals surface area (Å²) in [6.45, 7) is 10.2. The lowest BCUT2D eigenvalue weighted by atomic mass is 10.0. The Bertz CT molecular complexity index is 454. The van der Waals surface area contributed by atoms with Gasteiger partial charge in [0.2, 0.25) is 0 Å². The zero-order valence-electron chi connectivity index (χ0n) is 13.2. The highest BCUT2D eigenvalue weighted by atomic mass is 19.2. The van der Waals surface area contributed by atoms with Gasteiger partial charge in [-0.25, -0.2) is 8.78 Å². The van der Waals surface area contributed by atoms with Crippen LogP contribution in [0.15, 0.2) is 18.2 Å². The Kier molecular flexibility index (Phi) is 5.71. The topological polar surface area (TPSA) is 15.3 Å². The predicted octanol–water partition coefficient (Wildman–Crippen LogP) is 3.59. The summed E-state index contributed by atoms with van der Waals surface area (Å²) in [6.07, 6.45) is 0.972. The van der Waals surface area contributed by atoms with E-state index in [1.54, 1.807) is 12.1 Å². The van der Waals surface area contributed by atoms with Gasteiger partial charge in [-0.1, -0.05) is 32.9 Å². The fraction of sp³-hybridized carbons (Fsp3) is 0.647. The molecule has 1 aliphatic heterocycles. The van der Waals surface area contributed by atoms with Gasteiger partial charge >= 0.3 is 0 Å². The molecule has 1 heterocycles. The Morgan fingerprint density at radius 3 is 2.52 bits per heavy atom. The van der Waals surface area contributed by atoms with Crippen LogP contribution >= 0.6 is 0 Å². The van der Waals surface area contributed by atoms with Crippen molar-refractivity contribution in [3.8, 4) is 0 Å². The molecule has 118 valence electrons. The zero-order chi connectivity index (χ0) is 15.4. The molecule has 3 unspecified atom stereocenters. The van der Waals surface area contributed by atoms with Crippen molar-refractivity contribution < 1.29 is 8.78 Å². The van der Waals surface area contributed by atoms with E-state index < -0.39 is 11.6 Å². The molecule has 0 spiro atoms. The molecule has 1 saturated heterocycles. The molecular formula is C17H26F2N2. The summed E-state index contributed by atoms with van der Waals surface area (Å²) < 4.78 is 27.6. The second kappa shape index (κ2) is 7.32. The van der Waals surface area contributed by atoms with E-state index in [0.29, 0.717) is 17.4 Å². The van der Waals surface area contributed by atoms with Crippen LogP contribution in [0, 0.1) is 23.5 Å². The van der Waals surface area contributed by atoms with E-state index in [9.17, 15) is 8.78 Å². The normalized spacial score (nSPS) is 24.4. The number of halogens is 2. The highest BCUT2D eigenvalue weighted by molar-refractivity contribution is 5.23. The number of nitrogens with zero attached hydrogens (tertiary/aromatic N) is 1. The van der Waals surface area contributed by atoms with Crippen LogP contribution in [0.4, 0.5) is 8.78 Å². The third-order valence-electron chi connectivity index (χ3n) is 4.50. The lowest BCUT2D eigenvalue weighted by molar-refractivity contribution is 0.277. The van der Waals surface area contributed by atoms with E-state index >= 15 is 0 Å². The Hall–Kier alpha value is -1.00. The molecule has 3 atom stereocenters.